The van der Waals surface area contributed by atoms with Gasteiger partial charge in [0.25, 0.3) is 0 Å². The fourth-order valence-corrected chi connectivity index (χ4v) is 2.72. The van der Waals surface area contributed by atoms with Crippen molar-refractivity contribution in [2.24, 2.45) is 0 Å². The van der Waals surface area contributed by atoms with Crippen LogP contribution in [0, 0.1) is 0 Å². The van der Waals surface area contributed by atoms with Gasteiger partial charge in [-0.15, -0.1) is 0 Å². The number of hydrogen-bond donors (Lipinski definition) is 0. The second kappa shape index (κ2) is 6.93. The third-order valence-corrected chi connectivity index (χ3v) is 4.15. The Balaban J connectivity index is 2.15. The summed E-state index contributed by atoms with van der Waals surface area (Å²) in [5.74, 6) is 2.43. The highest BCUT2D eigenvalue weighted by atomic mass is 16.5. The van der Waals surface area contributed by atoms with E-state index < -0.39 is 0 Å². The van der Waals surface area contributed by atoms with Crippen molar-refractivity contribution in [3.8, 4) is 5.75 Å². The van der Waals surface area contributed by atoms with Gasteiger partial charge in [-0.3, -0.25) is 4.79 Å². The van der Waals surface area contributed by atoms with Crippen LogP contribution in [0.1, 0.15) is 70.4 Å². The van der Waals surface area contributed by atoms with Crippen LogP contribution in [-0.2, 0) is 11.2 Å². The standard InChI is InChI=1S/C19H26O2/c1-5-6-7-8-18(20)17-12-16-11-15(13(2)3)9-10-19(16)21-14(17)4/h9-11,13H,5-8,12H2,1-4H3. The van der Waals surface area contributed by atoms with E-state index in [1.54, 1.807) is 0 Å². The van der Waals surface area contributed by atoms with Gasteiger partial charge in [0.2, 0.25) is 0 Å². The Bertz CT molecular complexity index is 553. The van der Waals surface area contributed by atoms with Gasteiger partial charge < -0.3 is 4.74 Å². The first-order valence-corrected chi connectivity index (χ1v) is 8.06. The Morgan fingerprint density at radius 1 is 1.29 bits per heavy atom. The van der Waals surface area contributed by atoms with Crippen LogP contribution in [0.4, 0.5) is 0 Å². The monoisotopic (exact) mass is 286 g/mol. The van der Waals surface area contributed by atoms with E-state index in [4.69, 9.17) is 4.74 Å². The molecule has 0 aromatic heterocycles. The molecule has 1 aromatic carbocycles. The molecule has 0 fully saturated rings. The molecule has 2 rings (SSSR count). The van der Waals surface area contributed by atoms with Crippen molar-refractivity contribution in [1.82, 2.24) is 0 Å². The zero-order valence-electron chi connectivity index (χ0n) is 13.7. The minimum Gasteiger partial charge on any atom is -0.461 e. The first-order chi connectivity index (χ1) is 10.0. The second-order valence-corrected chi connectivity index (χ2v) is 6.22. The summed E-state index contributed by atoms with van der Waals surface area (Å²) in [7, 11) is 0. The molecule has 2 nitrogen and oxygen atoms in total. The summed E-state index contributed by atoms with van der Waals surface area (Å²) in [6.45, 7) is 8.43. The maximum atomic E-state index is 12.4. The summed E-state index contributed by atoms with van der Waals surface area (Å²) in [6, 6.07) is 6.34. The molecule has 21 heavy (non-hydrogen) atoms. The van der Waals surface area contributed by atoms with Gasteiger partial charge in [-0.05, 0) is 36.5 Å². The number of fused-ring (bicyclic) bond motifs is 1. The topological polar surface area (TPSA) is 26.3 Å². The highest BCUT2D eigenvalue weighted by molar-refractivity contribution is 5.96. The van der Waals surface area contributed by atoms with Crippen molar-refractivity contribution in [3.05, 3.63) is 40.7 Å². The number of hydrogen-bond acceptors (Lipinski definition) is 2. The lowest BCUT2D eigenvalue weighted by atomic mass is 9.92. The third-order valence-electron chi connectivity index (χ3n) is 4.15. The lowest BCUT2D eigenvalue weighted by molar-refractivity contribution is -0.116. The molecule has 0 aliphatic carbocycles. The molecular formula is C19H26O2. The van der Waals surface area contributed by atoms with Crippen molar-refractivity contribution in [2.75, 3.05) is 0 Å². The zero-order valence-corrected chi connectivity index (χ0v) is 13.7. The summed E-state index contributed by atoms with van der Waals surface area (Å²) < 4.78 is 5.87. The first kappa shape index (κ1) is 15.8. The number of ether oxygens (including phenoxy) is 1. The molecule has 0 spiro atoms. The van der Waals surface area contributed by atoms with Gasteiger partial charge in [0, 0.05) is 18.4 Å². The molecule has 0 unspecified atom stereocenters. The van der Waals surface area contributed by atoms with Crippen molar-refractivity contribution < 1.29 is 9.53 Å². The molecule has 0 amide bonds. The smallest absolute Gasteiger partial charge is 0.162 e. The number of allylic oxidation sites excluding steroid dienone is 2. The number of carbonyl (C=O) groups is 1. The predicted molar refractivity (Wildman–Crippen MR) is 86.7 cm³/mol. The molecule has 0 atom stereocenters. The van der Waals surface area contributed by atoms with Crippen LogP contribution in [0.25, 0.3) is 0 Å². The van der Waals surface area contributed by atoms with Crippen molar-refractivity contribution in [2.45, 2.75) is 65.7 Å². The van der Waals surface area contributed by atoms with Crippen LogP contribution < -0.4 is 4.74 Å². The fraction of sp³-hybridized carbons (Fsp3) is 0.526. The SMILES string of the molecule is CCCCCC(=O)C1=C(C)Oc2ccc(C(C)C)cc2C1. The lowest BCUT2D eigenvalue weighted by Crippen LogP contribution is -2.16. The minimum atomic E-state index is 0.251. The fourth-order valence-electron chi connectivity index (χ4n) is 2.72. The molecule has 114 valence electrons. The van der Waals surface area contributed by atoms with Gasteiger partial charge in [-0.2, -0.15) is 0 Å². The summed E-state index contributed by atoms with van der Waals surface area (Å²) in [4.78, 5) is 12.4. The van der Waals surface area contributed by atoms with Crippen LogP contribution >= 0.6 is 0 Å². The summed E-state index contributed by atoms with van der Waals surface area (Å²) in [5, 5.41) is 0. The van der Waals surface area contributed by atoms with Crippen LogP contribution in [0.15, 0.2) is 29.5 Å². The number of ketones is 1. The zero-order chi connectivity index (χ0) is 15.4. The predicted octanol–water partition coefficient (Wildman–Crippen LogP) is 5.17. The van der Waals surface area contributed by atoms with E-state index >= 15 is 0 Å². The van der Waals surface area contributed by atoms with Crippen LogP contribution in [0.5, 0.6) is 5.75 Å². The Labute approximate surface area is 128 Å². The van der Waals surface area contributed by atoms with Crippen LogP contribution in [0.2, 0.25) is 0 Å². The highest BCUT2D eigenvalue weighted by Gasteiger charge is 2.22. The average Bonchev–Trinajstić information content (AvgIpc) is 2.46. The van der Waals surface area contributed by atoms with E-state index in [9.17, 15) is 4.79 Å². The van der Waals surface area contributed by atoms with Crippen molar-refractivity contribution in [3.63, 3.8) is 0 Å². The number of rotatable bonds is 6. The number of carbonyl (C=O) groups excluding carboxylic acids is 1. The van der Waals surface area contributed by atoms with Gasteiger partial charge in [-0.25, -0.2) is 0 Å². The number of Topliss-reactive ketones (excluding diaryl/α,β-unsaturated/α-hetero) is 1. The average molecular weight is 286 g/mol. The largest absolute Gasteiger partial charge is 0.461 e. The van der Waals surface area contributed by atoms with Gasteiger partial charge >= 0.3 is 0 Å². The Hall–Kier alpha value is -1.57. The molecule has 1 aromatic rings. The van der Waals surface area contributed by atoms with E-state index in [1.165, 1.54) is 5.56 Å². The Morgan fingerprint density at radius 3 is 2.71 bits per heavy atom. The summed E-state index contributed by atoms with van der Waals surface area (Å²) >= 11 is 0. The Morgan fingerprint density at radius 2 is 2.05 bits per heavy atom. The lowest BCUT2D eigenvalue weighted by Gasteiger charge is -2.22. The van der Waals surface area contributed by atoms with Crippen LogP contribution in [0.3, 0.4) is 0 Å². The van der Waals surface area contributed by atoms with Gasteiger partial charge in [0.05, 0.1) is 0 Å². The quantitative estimate of drug-likeness (QED) is 0.674. The van der Waals surface area contributed by atoms with Gasteiger partial charge in [0.15, 0.2) is 5.78 Å². The van der Waals surface area contributed by atoms with E-state index in [0.717, 1.165) is 41.9 Å². The molecule has 0 N–H and O–H groups in total. The highest BCUT2D eigenvalue weighted by Crippen LogP contribution is 2.33. The third kappa shape index (κ3) is 3.75. The minimum absolute atomic E-state index is 0.251. The second-order valence-electron chi connectivity index (χ2n) is 6.22. The molecule has 1 heterocycles. The van der Waals surface area contributed by atoms with Gasteiger partial charge in [-0.1, -0.05) is 45.7 Å². The van der Waals surface area contributed by atoms with Crippen molar-refractivity contribution >= 4 is 5.78 Å². The molecule has 1 aliphatic rings. The van der Waals surface area contributed by atoms with Gasteiger partial charge in [0.1, 0.15) is 11.5 Å². The molecule has 2 heteroatoms. The normalized spacial score (nSPS) is 14.1. The summed E-state index contributed by atoms with van der Waals surface area (Å²) in [5.41, 5.74) is 3.31. The van der Waals surface area contributed by atoms with E-state index in [1.807, 2.05) is 13.0 Å². The first-order valence-electron chi connectivity index (χ1n) is 8.06. The van der Waals surface area contributed by atoms with Crippen molar-refractivity contribution in [1.29, 1.82) is 0 Å². The summed E-state index contributed by atoms with van der Waals surface area (Å²) in [6.07, 6.45) is 4.59. The molecule has 0 saturated heterocycles. The molecular weight excluding hydrogens is 260 g/mol. The van der Waals surface area contributed by atoms with E-state index in [0.29, 0.717) is 18.8 Å². The molecule has 1 aliphatic heterocycles. The number of unbranched alkanes of at least 4 members (excludes halogenated alkanes) is 2. The Kier molecular flexibility index (Phi) is 5.22. The molecule has 0 bridgehead atoms. The van der Waals surface area contributed by atoms with Crippen LogP contribution in [-0.4, -0.2) is 5.78 Å². The maximum absolute atomic E-state index is 12.4. The molecule has 0 radical (unpaired) electrons. The maximum Gasteiger partial charge on any atom is 0.162 e. The number of benzene rings is 1. The van der Waals surface area contributed by atoms with E-state index in [2.05, 4.69) is 32.9 Å². The molecule has 0 saturated carbocycles. The van der Waals surface area contributed by atoms with E-state index in [-0.39, 0.29) is 5.78 Å².